The van der Waals surface area contributed by atoms with Crippen LogP contribution in [-0.4, -0.2) is 28.4 Å². The van der Waals surface area contributed by atoms with Crippen molar-refractivity contribution in [3.63, 3.8) is 0 Å². The van der Waals surface area contributed by atoms with Crippen molar-refractivity contribution in [1.29, 1.82) is 0 Å². The van der Waals surface area contributed by atoms with Crippen LogP contribution in [0.1, 0.15) is 36.5 Å². The Morgan fingerprint density at radius 2 is 2.04 bits per heavy atom. The number of thiazole rings is 1. The van der Waals surface area contributed by atoms with Gasteiger partial charge in [0.2, 0.25) is 0 Å². The monoisotopic (exact) mass is 336 g/mol. The molecule has 1 saturated heterocycles. The molecule has 3 aromatic rings. The van der Waals surface area contributed by atoms with Crippen LogP contribution < -0.4 is 0 Å². The molecule has 0 N–H and O–H groups in total. The molecule has 2 heterocycles. The first-order valence-electron chi connectivity index (χ1n) is 8.49. The van der Waals surface area contributed by atoms with Crippen molar-refractivity contribution in [2.75, 3.05) is 6.54 Å². The quantitative estimate of drug-likeness (QED) is 0.661. The summed E-state index contributed by atoms with van der Waals surface area (Å²) < 4.78 is 1.17. The van der Waals surface area contributed by atoms with Crippen LogP contribution in [0.4, 0.5) is 0 Å². The van der Waals surface area contributed by atoms with Crippen LogP contribution in [0.15, 0.2) is 48.5 Å². The molecule has 3 nitrogen and oxygen atoms in total. The summed E-state index contributed by atoms with van der Waals surface area (Å²) in [5.41, 5.74) is 2.80. The maximum atomic E-state index is 12.9. The lowest BCUT2D eigenvalue weighted by molar-refractivity contribution is 0.0635. The highest BCUT2D eigenvalue weighted by Crippen LogP contribution is 2.30. The Morgan fingerprint density at radius 3 is 2.88 bits per heavy atom. The van der Waals surface area contributed by atoms with Gasteiger partial charge < -0.3 is 4.90 Å². The molecule has 0 bridgehead atoms. The van der Waals surface area contributed by atoms with Gasteiger partial charge in [0.25, 0.3) is 5.91 Å². The number of nitrogens with zero attached hydrogens (tertiary/aromatic N) is 2. The standard InChI is InChI=1S/C20H20N2OS/c1-14-7-4-5-12-22(14)20(23)16-9-6-8-15(13-16)19-21-17-10-2-3-11-18(17)24-19/h2-3,6,8-11,13-14H,4-5,7,12H2,1H3/t14-/m0/s1. The fourth-order valence-corrected chi connectivity index (χ4v) is 4.31. The lowest BCUT2D eigenvalue weighted by Gasteiger charge is -2.33. The van der Waals surface area contributed by atoms with Crippen molar-refractivity contribution >= 4 is 27.5 Å². The predicted octanol–water partition coefficient (Wildman–Crippen LogP) is 4.98. The summed E-state index contributed by atoms with van der Waals surface area (Å²) in [4.78, 5) is 19.6. The third kappa shape index (κ3) is 2.82. The predicted molar refractivity (Wildman–Crippen MR) is 99.4 cm³/mol. The normalized spacial score (nSPS) is 18.0. The smallest absolute Gasteiger partial charge is 0.254 e. The van der Waals surface area contributed by atoms with E-state index in [1.165, 1.54) is 11.1 Å². The highest BCUT2D eigenvalue weighted by Gasteiger charge is 2.24. The summed E-state index contributed by atoms with van der Waals surface area (Å²) in [5, 5.41) is 0.970. The van der Waals surface area contributed by atoms with Gasteiger partial charge in [0.15, 0.2) is 0 Å². The van der Waals surface area contributed by atoms with E-state index in [9.17, 15) is 4.79 Å². The topological polar surface area (TPSA) is 33.2 Å². The molecule has 1 fully saturated rings. The average molecular weight is 336 g/mol. The second kappa shape index (κ2) is 6.36. The van der Waals surface area contributed by atoms with Crippen molar-refractivity contribution in [3.05, 3.63) is 54.1 Å². The number of hydrogen-bond acceptors (Lipinski definition) is 3. The molecule has 1 aromatic heterocycles. The van der Waals surface area contributed by atoms with E-state index < -0.39 is 0 Å². The Labute approximate surface area is 146 Å². The van der Waals surface area contributed by atoms with Gasteiger partial charge in [0.1, 0.15) is 5.01 Å². The molecule has 0 saturated carbocycles. The zero-order chi connectivity index (χ0) is 16.5. The molecule has 1 atom stereocenters. The van der Waals surface area contributed by atoms with Gasteiger partial charge in [0.05, 0.1) is 10.2 Å². The number of piperidine rings is 1. The zero-order valence-corrected chi connectivity index (χ0v) is 14.6. The van der Waals surface area contributed by atoms with Crippen molar-refractivity contribution in [2.45, 2.75) is 32.2 Å². The summed E-state index contributed by atoms with van der Waals surface area (Å²) in [6, 6.07) is 16.4. The van der Waals surface area contributed by atoms with Gasteiger partial charge >= 0.3 is 0 Å². The van der Waals surface area contributed by atoms with E-state index in [2.05, 4.69) is 13.0 Å². The minimum Gasteiger partial charge on any atom is -0.336 e. The van der Waals surface area contributed by atoms with Gasteiger partial charge in [0, 0.05) is 23.7 Å². The molecule has 1 aliphatic rings. The van der Waals surface area contributed by atoms with Crippen LogP contribution >= 0.6 is 11.3 Å². The Kier molecular flexibility index (Phi) is 4.07. The third-order valence-electron chi connectivity index (χ3n) is 4.71. The molecule has 24 heavy (non-hydrogen) atoms. The first-order valence-corrected chi connectivity index (χ1v) is 9.31. The largest absolute Gasteiger partial charge is 0.336 e. The number of hydrogen-bond donors (Lipinski definition) is 0. The minimum atomic E-state index is 0.144. The number of aromatic nitrogens is 1. The first-order chi connectivity index (χ1) is 11.7. The summed E-state index contributed by atoms with van der Waals surface area (Å²) in [7, 11) is 0. The third-order valence-corrected chi connectivity index (χ3v) is 5.80. The molecule has 1 amide bonds. The van der Waals surface area contributed by atoms with Crippen LogP contribution in [0.5, 0.6) is 0 Å². The van der Waals surface area contributed by atoms with Crippen LogP contribution in [0.3, 0.4) is 0 Å². The average Bonchev–Trinajstić information content (AvgIpc) is 3.06. The molecule has 0 unspecified atom stereocenters. The second-order valence-corrected chi connectivity index (χ2v) is 7.44. The molecule has 1 aliphatic heterocycles. The van der Waals surface area contributed by atoms with Crippen LogP contribution in [-0.2, 0) is 0 Å². The first kappa shape index (κ1) is 15.3. The lowest BCUT2D eigenvalue weighted by Crippen LogP contribution is -2.42. The van der Waals surface area contributed by atoms with E-state index in [1.54, 1.807) is 11.3 Å². The summed E-state index contributed by atoms with van der Waals surface area (Å²) in [6.45, 7) is 3.01. The highest BCUT2D eigenvalue weighted by atomic mass is 32.1. The van der Waals surface area contributed by atoms with E-state index in [0.717, 1.165) is 41.0 Å². The number of likely N-dealkylation sites (tertiary alicyclic amines) is 1. The van der Waals surface area contributed by atoms with Crippen molar-refractivity contribution < 1.29 is 4.79 Å². The lowest BCUT2D eigenvalue weighted by atomic mass is 10.0. The molecule has 0 spiro atoms. The SMILES string of the molecule is C[C@H]1CCCCN1C(=O)c1cccc(-c2nc3ccccc3s2)c1. The Morgan fingerprint density at radius 1 is 1.17 bits per heavy atom. The zero-order valence-electron chi connectivity index (χ0n) is 13.7. The summed E-state index contributed by atoms with van der Waals surface area (Å²) in [5.74, 6) is 0.144. The van der Waals surface area contributed by atoms with Crippen molar-refractivity contribution in [2.24, 2.45) is 0 Å². The molecular formula is C20H20N2OS. The Balaban J connectivity index is 1.67. The van der Waals surface area contributed by atoms with Gasteiger partial charge in [-0.1, -0.05) is 24.3 Å². The van der Waals surface area contributed by atoms with Crippen LogP contribution in [0, 0.1) is 0 Å². The Bertz CT molecular complexity index is 853. The van der Waals surface area contributed by atoms with Crippen LogP contribution in [0.25, 0.3) is 20.8 Å². The molecule has 122 valence electrons. The molecule has 0 radical (unpaired) electrons. The number of para-hydroxylation sites is 1. The number of carbonyl (C=O) groups excluding carboxylic acids is 1. The van der Waals surface area contributed by atoms with Gasteiger partial charge in [-0.2, -0.15) is 0 Å². The highest BCUT2D eigenvalue weighted by molar-refractivity contribution is 7.21. The maximum Gasteiger partial charge on any atom is 0.254 e. The van der Waals surface area contributed by atoms with Gasteiger partial charge in [-0.05, 0) is 50.5 Å². The molecule has 0 aliphatic carbocycles. The fraction of sp³-hybridized carbons (Fsp3) is 0.300. The van der Waals surface area contributed by atoms with Crippen molar-refractivity contribution in [3.8, 4) is 10.6 Å². The van der Waals surface area contributed by atoms with Gasteiger partial charge in [-0.3, -0.25) is 4.79 Å². The van der Waals surface area contributed by atoms with Gasteiger partial charge in [-0.15, -0.1) is 11.3 Å². The second-order valence-electron chi connectivity index (χ2n) is 6.41. The van der Waals surface area contributed by atoms with E-state index in [-0.39, 0.29) is 5.91 Å². The van der Waals surface area contributed by atoms with Crippen LogP contribution in [0.2, 0.25) is 0 Å². The fourth-order valence-electron chi connectivity index (χ4n) is 3.35. The number of fused-ring (bicyclic) bond motifs is 1. The van der Waals surface area contributed by atoms with Gasteiger partial charge in [-0.25, -0.2) is 4.98 Å². The molecule has 2 aromatic carbocycles. The van der Waals surface area contributed by atoms with Crippen molar-refractivity contribution in [1.82, 2.24) is 9.88 Å². The number of benzene rings is 2. The maximum absolute atomic E-state index is 12.9. The van der Waals surface area contributed by atoms with E-state index in [4.69, 9.17) is 4.98 Å². The van der Waals surface area contributed by atoms with E-state index in [1.807, 2.05) is 47.4 Å². The van der Waals surface area contributed by atoms with E-state index >= 15 is 0 Å². The number of amides is 1. The Hall–Kier alpha value is -2.20. The molecule has 4 rings (SSSR count). The summed E-state index contributed by atoms with van der Waals surface area (Å²) in [6.07, 6.45) is 3.42. The summed E-state index contributed by atoms with van der Waals surface area (Å²) >= 11 is 1.67. The minimum absolute atomic E-state index is 0.144. The molecular weight excluding hydrogens is 316 g/mol. The van der Waals surface area contributed by atoms with E-state index in [0.29, 0.717) is 6.04 Å². The number of rotatable bonds is 2. The number of carbonyl (C=O) groups is 1. The molecule has 4 heteroatoms.